The van der Waals surface area contributed by atoms with Gasteiger partial charge in [0, 0.05) is 12.1 Å². The van der Waals surface area contributed by atoms with Gasteiger partial charge in [-0.05, 0) is 43.4 Å². The van der Waals surface area contributed by atoms with E-state index in [1.807, 2.05) is 24.3 Å². The van der Waals surface area contributed by atoms with Crippen molar-refractivity contribution in [3.8, 4) is 0 Å². The van der Waals surface area contributed by atoms with Crippen LogP contribution in [0.4, 0.5) is 5.69 Å². The van der Waals surface area contributed by atoms with Crippen LogP contribution in [0.3, 0.4) is 0 Å². The number of amides is 1. The van der Waals surface area contributed by atoms with Crippen LogP contribution in [0.5, 0.6) is 0 Å². The van der Waals surface area contributed by atoms with Crippen LogP contribution in [0, 0.1) is 0 Å². The average molecular weight is 289 g/mol. The SMILES string of the molecule is CCOC(=O)C1CCCC(=O)N1c1ccc(C(C)C)cc1. The molecule has 0 bridgehead atoms. The van der Waals surface area contributed by atoms with Crippen LogP contribution in [0.2, 0.25) is 0 Å². The minimum absolute atomic E-state index is 0.00315. The molecule has 1 aromatic rings. The normalized spacial score (nSPS) is 19.0. The maximum absolute atomic E-state index is 12.3. The Bertz CT molecular complexity index is 507. The van der Waals surface area contributed by atoms with Crippen LogP contribution in [0.15, 0.2) is 24.3 Å². The van der Waals surface area contributed by atoms with Gasteiger partial charge in [0.1, 0.15) is 6.04 Å². The Hall–Kier alpha value is -1.84. The van der Waals surface area contributed by atoms with E-state index >= 15 is 0 Å². The molecule has 1 heterocycles. The number of hydrogen-bond donors (Lipinski definition) is 0. The second kappa shape index (κ2) is 6.74. The predicted octanol–water partition coefficient (Wildman–Crippen LogP) is 3.26. The van der Waals surface area contributed by atoms with E-state index in [0.717, 1.165) is 12.1 Å². The van der Waals surface area contributed by atoms with Gasteiger partial charge >= 0.3 is 5.97 Å². The number of nitrogens with zero attached hydrogens (tertiary/aromatic N) is 1. The summed E-state index contributed by atoms with van der Waals surface area (Å²) in [4.78, 5) is 25.9. The van der Waals surface area contributed by atoms with Gasteiger partial charge in [-0.1, -0.05) is 26.0 Å². The summed E-state index contributed by atoms with van der Waals surface area (Å²) in [5.74, 6) is 0.132. The van der Waals surface area contributed by atoms with Crippen molar-refractivity contribution in [2.75, 3.05) is 11.5 Å². The average Bonchev–Trinajstić information content (AvgIpc) is 2.47. The lowest BCUT2D eigenvalue weighted by Gasteiger charge is -2.34. The number of carbonyl (C=O) groups excluding carboxylic acids is 2. The largest absolute Gasteiger partial charge is 0.464 e. The summed E-state index contributed by atoms with van der Waals surface area (Å²) >= 11 is 0. The Morgan fingerprint density at radius 2 is 2.00 bits per heavy atom. The molecule has 0 aromatic heterocycles. The highest BCUT2D eigenvalue weighted by molar-refractivity contribution is 6.00. The van der Waals surface area contributed by atoms with Gasteiger partial charge in [-0.3, -0.25) is 9.69 Å². The van der Waals surface area contributed by atoms with E-state index in [2.05, 4.69) is 13.8 Å². The van der Waals surface area contributed by atoms with Gasteiger partial charge in [-0.15, -0.1) is 0 Å². The van der Waals surface area contributed by atoms with E-state index in [1.54, 1.807) is 11.8 Å². The molecular formula is C17H23NO3. The number of rotatable bonds is 4. The highest BCUT2D eigenvalue weighted by Crippen LogP contribution is 2.28. The molecule has 1 atom stereocenters. The molecule has 1 aromatic carbocycles. The summed E-state index contributed by atoms with van der Waals surface area (Å²) < 4.78 is 5.11. The first-order chi connectivity index (χ1) is 10.0. The topological polar surface area (TPSA) is 46.6 Å². The number of ether oxygens (including phenoxy) is 1. The number of benzene rings is 1. The van der Waals surface area contributed by atoms with Crippen molar-refractivity contribution in [2.24, 2.45) is 0 Å². The summed E-state index contributed by atoms with van der Waals surface area (Å²) in [6, 6.07) is 7.39. The highest BCUT2D eigenvalue weighted by atomic mass is 16.5. The lowest BCUT2D eigenvalue weighted by atomic mass is 9.99. The summed E-state index contributed by atoms with van der Waals surface area (Å²) in [5.41, 5.74) is 2.00. The first-order valence-electron chi connectivity index (χ1n) is 7.63. The van der Waals surface area contributed by atoms with E-state index in [0.29, 0.717) is 25.4 Å². The maximum Gasteiger partial charge on any atom is 0.329 e. The zero-order chi connectivity index (χ0) is 15.4. The summed E-state index contributed by atoms with van der Waals surface area (Å²) in [6.07, 6.45) is 1.89. The molecule has 0 N–H and O–H groups in total. The molecular weight excluding hydrogens is 266 g/mol. The highest BCUT2D eigenvalue weighted by Gasteiger charge is 2.35. The summed E-state index contributed by atoms with van der Waals surface area (Å²) in [6.45, 7) is 6.37. The van der Waals surface area contributed by atoms with Gasteiger partial charge in [-0.2, -0.15) is 0 Å². The molecule has 1 fully saturated rings. The third-order valence-electron chi connectivity index (χ3n) is 3.85. The smallest absolute Gasteiger partial charge is 0.329 e. The lowest BCUT2D eigenvalue weighted by Crippen LogP contribution is -2.49. The summed E-state index contributed by atoms with van der Waals surface area (Å²) in [7, 11) is 0. The van der Waals surface area contributed by atoms with Crippen LogP contribution in [0.25, 0.3) is 0 Å². The molecule has 1 amide bonds. The van der Waals surface area contributed by atoms with Gasteiger partial charge in [0.05, 0.1) is 6.61 Å². The van der Waals surface area contributed by atoms with Gasteiger partial charge in [0.25, 0.3) is 0 Å². The molecule has 4 nitrogen and oxygen atoms in total. The molecule has 0 radical (unpaired) electrons. The van der Waals surface area contributed by atoms with Gasteiger partial charge < -0.3 is 4.74 Å². The Labute approximate surface area is 126 Å². The van der Waals surface area contributed by atoms with Gasteiger partial charge in [0.2, 0.25) is 5.91 Å². The van der Waals surface area contributed by atoms with E-state index in [9.17, 15) is 9.59 Å². The molecule has 1 aliphatic heterocycles. The van der Waals surface area contributed by atoms with E-state index in [4.69, 9.17) is 4.74 Å². The van der Waals surface area contributed by atoms with Crippen molar-refractivity contribution in [2.45, 2.75) is 52.0 Å². The van der Waals surface area contributed by atoms with Crippen LogP contribution in [-0.4, -0.2) is 24.5 Å². The van der Waals surface area contributed by atoms with Gasteiger partial charge in [-0.25, -0.2) is 4.79 Å². The Balaban J connectivity index is 2.27. The molecule has 2 rings (SSSR count). The van der Waals surface area contributed by atoms with Crippen molar-refractivity contribution < 1.29 is 14.3 Å². The van der Waals surface area contributed by atoms with Crippen molar-refractivity contribution in [3.63, 3.8) is 0 Å². The van der Waals surface area contributed by atoms with Crippen molar-refractivity contribution >= 4 is 17.6 Å². The minimum Gasteiger partial charge on any atom is -0.464 e. The summed E-state index contributed by atoms with van der Waals surface area (Å²) in [5, 5.41) is 0. The van der Waals surface area contributed by atoms with E-state index in [1.165, 1.54) is 5.56 Å². The van der Waals surface area contributed by atoms with E-state index < -0.39 is 6.04 Å². The fourth-order valence-corrected chi connectivity index (χ4v) is 2.68. The Morgan fingerprint density at radius 3 is 2.57 bits per heavy atom. The minimum atomic E-state index is -0.490. The van der Waals surface area contributed by atoms with E-state index in [-0.39, 0.29) is 11.9 Å². The molecule has 0 aliphatic carbocycles. The van der Waals surface area contributed by atoms with Crippen LogP contribution in [-0.2, 0) is 14.3 Å². The molecule has 0 saturated carbocycles. The third-order valence-corrected chi connectivity index (χ3v) is 3.85. The first kappa shape index (κ1) is 15.5. The van der Waals surface area contributed by atoms with Crippen LogP contribution < -0.4 is 4.90 Å². The lowest BCUT2D eigenvalue weighted by molar-refractivity contribution is -0.146. The Kier molecular flexibility index (Phi) is 4.99. The standard InChI is InChI=1S/C17H23NO3/c1-4-21-17(20)15-6-5-7-16(19)18(15)14-10-8-13(9-11-14)12(2)3/h8-12,15H,4-7H2,1-3H3. The fourth-order valence-electron chi connectivity index (χ4n) is 2.68. The zero-order valence-corrected chi connectivity index (χ0v) is 13.0. The maximum atomic E-state index is 12.3. The molecule has 1 unspecified atom stereocenters. The monoisotopic (exact) mass is 289 g/mol. The van der Waals surface area contributed by atoms with Crippen LogP contribution in [0.1, 0.15) is 51.5 Å². The zero-order valence-electron chi connectivity index (χ0n) is 13.0. The molecule has 21 heavy (non-hydrogen) atoms. The first-order valence-corrected chi connectivity index (χ1v) is 7.63. The second-order valence-electron chi connectivity index (χ2n) is 5.67. The molecule has 114 valence electrons. The van der Waals surface area contributed by atoms with Crippen LogP contribution >= 0.6 is 0 Å². The molecule has 1 aliphatic rings. The van der Waals surface area contributed by atoms with Gasteiger partial charge in [0.15, 0.2) is 0 Å². The number of hydrogen-bond acceptors (Lipinski definition) is 3. The predicted molar refractivity (Wildman–Crippen MR) is 82.3 cm³/mol. The van der Waals surface area contributed by atoms with Crippen molar-refractivity contribution in [1.29, 1.82) is 0 Å². The third kappa shape index (κ3) is 3.43. The number of carbonyl (C=O) groups is 2. The number of esters is 1. The Morgan fingerprint density at radius 1 is 1.33 bits per heavy atom. The fraction of sp³-hybridized carbons (Fsp3) is 0.529. The molecule has 0 spiro atoms. The number of anilines is 1. The molecule has 1 saturated heterocycles. The molecule has 4 heteroatoms. The van der Waals surface area contributed by atoms with Crippen molar-refractivity contribution in [3.05, 3.63) is 29.8 Å². The van der Waals surface area contributed by atoms with Crippen molar-refractivity contribution in [1.82, 2.24) is 0 Å². The number of piperidine rings is 1. The quantitative estimate of drug-likeness (QED) is 0.799. The second-order valence-corrected chi connectivity index (χ2v) is 5.67.